The van der Waals surface area contributed by atoms with E-state index in [1.54, 1.807) is 12.1 Å². The number of β-amino-alcohol motifs (C(OH)–C–C–N with tert-alkyl or cyclic N) is 1. The quantitative estimate of drug-likeness (QED) is 0.439. The summed E-state index contributed by atoms with van der Waals surface area (Å²) in [6.45, 7) is 4.10. The zero-order valence-electron chi connectivity index (χ0n) is 18.0. The van der Waals surface area contributed by atoms with E-state index in [1.807, 2.05) is 11.8 Å². The number of aryl methyl sites for hydroxylation is 1. The van der Waals surface area contributed by atoms with Crippen LogP contribution in [-0.2, 0) is 14.8 Å². The Kier molecular flexibility index (Phi) is 7.67. The van der Waals surface area contributed by atoms with Gasteiger partial charge in [-0.1, -0.05) is 17.7 Å². The summed E-state index contributed by atoms with van der Waals surface area (Å²) in [4.78, 5) is 12.7. The predicted molar refractivity (Wildman–Crippen MR) is 119 cm³/mol. The van der Waals surface area contributed by atoms with Crippen LogP contribution in [0.15, 0.2) is 47.4 Å². The average Bonchev–Trinajstić information content (AvgIpc) is 2.78. The smallest absolute Gasteiger partial charge is 0.271 e. The van der Waals surface area contributed by atoms with Crippen molar-refractivity contribution in [3.05, 3.63) is 58.1 Å². The summed E-state index contributed by atoms with van der Waals surface area (Å²) in [5.74, 6) is 0.143. The topological polar surface area (TPSA) is 122 Å². The van der Waals surface area contributed by atoms with E-state index < -0.39 is 21.1 Å². The zero-order valence-corrected chi connectivity index (χ0v) is 18.8. The minimum Gasteiger partial charge on any atom is -0.495 e. The minimum atomic E-state index is -4.15. The molecule has 32 heavy (non-hydrogen) atoms. The Labute approximate surface area is 187 Å². The zero-order chi connectivity index (χ0) is 23.3. The number of aliphatic hydroxyl groups is 1. The van der Waals surface area contributed by atoms with Gasteiger partial charge in [0, 0.05) is 31.8 Å². The Morgan fingerprint density at radius 3 is 2.47 bits per heavy atom. The normalized spacial score (nSPS) is 15.8. The molecule has 10 nitrogen and oxygen atoms in total. The lowest BCUT2D eigenvalue weighted by atomic mass is 10.2. The van der Waals surface area contributed by atoms with Gasteiger partial charge in [0.2, 0.25) is 0 Å². The van der Waals surface area contributed by atoms with Gasteiger partial charge in [-0.05, 0) is 25.1 Å². The van der Waals surface area contributed by atoms with Crippen LogP contribution < -0.4 is 9.04 Å². The molecule has 11 heteroatoms. The number of methoxy groups -OCH3 is 1. The molecule has 0 saturated carbocycles. The van der Waals surface area contributed by atoms with Gasteiger partial charge in [0.1, 0.15) is 11.4 Å². The first kappa shape index (κ1) is 23.9. The SMILES string of the molecule is COc1ccc([N+](=O)[O-])cc1N(CC(O)CN1CCOCC1)S(=O)(=O)c1ccc(C)cc1. The maximum Gasteiger partial charge on any atom is 0.271 e. The summed E-state index contributed by atoms with van der Waals surface area (Å²) >= 11 is 0. The van der Waals surface area contributed by atoms with Crippen LogP contribution in [0.5, 0.6) is 5.75 Å². The molecular formula is C21H27N3O7S. The van der Waals surface area contributed by atoms with Gasteiger partial charge >= 0.3 is 0 Å². The van der Waals surface area contributed by atoms with E-state index in [0.717, 1.165) is 15.9 Å². The third-order valence-electron chi connectivity index (χ3n) is 5.20. The van der Waals surface area contributed by atoms with Crippen LogP contribution in [0.3, 0.4) is 0 Å². The lowest BCUT2D eigenvalue weighted by Gasteiger charge is -2.32. The van der Waals surface area contributed by atoms with Crippen LogP contribution in [0.1, 0.15) is 5.56 Å². The number of ether oxygens (including phenoxy) is 2. The van der Waals surface area contributed by atoms with E-state index in [2.05, 4.69) is 0 Å². The fraction of sp³-hybridized carbons (Fsp3) is 0.429. The Bertz CT molecular complexity index is 1040. The van der Waals surface area contributed by atoms with Crippen LogP contribution in [0.25, 0.3) is 0 Å². The fourth-order valence-corrected chi connectivity index (χ4v) is 4.99. The number of hydrogen-bond acceptors (Lipinski definition) is 8. The molecule has 1 aliphatic rings. The van der Waals surface area contributed by atoms with E-state index in [0.29, 0.717) is 26.3 Å². The number of nitro benzene ring substituents is 1. The average molecular weight is 466 g/mol. The number of anilines is 1. The van der Waals surface area contributed by atoms with Crippen molar-refractivity contribution in [2.75, 3.05) is 50.8 Å². The second-order valence-corrected chi connectivity index (χ2v) is 9.39. The van der Waals surface area contributed by atoms with Gasteiger partial charge in [0.05, 0.1) is 42.8 Å². The summed E-state index contributed by atoms with van der Waals surface area (Å²) in [6, 6.07) is 10.0. The molecule has 1 fully saturated rings. The van der Waals surface area contributed by atoms with Crippen LogP contribution in [-0.4, -0.2) is 76.0 Å². The molecule has 1 saturated heterocycles. The molecule has 1 aliphatic heterocycles. The van der Waals surface area contributed by atoms with E-state index in [1.165, 1.54) is 31.4 Å². The highest BCUT2D eigenvalue weighted by molar-refractivity contribution is 7.92. The summed E-state index contributed by atoms with van der Waals surface area (Å²) < 4.78 is 38.7. The summed E-state index contributed by atoms with van der Waals surface area (Å²) in [7, 11) is -2.80. The van der Waals surface area contributed by atoms with Crippen molar-refractivity contribution in [2.24, 2.45) is 0 Å². The van der Waals surface area contributed by atoms with Gasteiger partial charge in [-0.15, -0.1) is 0 Å². The number of non-ortho nitro benzene ring substituents is 1. The van der Waals surface area contributed by atoms with Gasteiger partial charge in [0.25, 0.3) is 15.7 Å². The molecular weight excluding hydrogens is 438 g/mol. The molecule has 0 aliphatic carbocycles. The maximum atomic E-state index is 13.6. The minimum absolute atomic E-state index is 0.00947. The monoisotopic (exact) mass is 465 g/mol. The standard InChI is InChI=1S/C21H27N3O7S/c1-16-3-6-19(7-4-16)32(28,29)23(15-18(25)14-22-9-11-31-12-10-22)20-13-17(24(26)27)5-8-21(20)30-2/h3-8,13,18,25H,9-12,14-15H2,1-2H3. The molecule has 0 radical (unpaired) electrons. The van der Waals surface area contributed by atoms with Crippen LogP contribution in [0.2, 0.25) is 0 Å². The molecule has 0 bridgehead atoms. The van der Waals surface area contributed by atoms with E-state index in [-0.39, 0.29) is 35.1 Å². The highest BCUT2D eigenvalue weighted by atomic mass is 32.2. The number of nitro groups is 1. The molecule has 1 N–H and O–H groups in total. The lowest BCUT2D eigenvalue weighted by Crippen LogP contribution is -2.46. The van der Waals surface area contributed by atoms with Crippen molar-refractivity contribution < 1.29 is 27.9 Å². The van der Waals surface area contributed by atoms with Gasteiger partial charge in [0.15, 0.2) is 0 Å². The first-order chi connectivity index (χ1) is 15.2. The summed E-state index contributed by atoms with van der Waals surface area (Å²) in [5.41, 5.74) is 0.589. The molecule has 0 amide bonds. The summed E-state index contributed by atoms with van der Waals surface area (Å²) in [5, 5.41) is 22.1. The third kappa shape index (κ3) is 5.54. The van der Waals surface area contributed by atoms with Crippen LogP contribution >= 0.6 is 0 Å². The number of hydrogen-bond donors (Lipinski definition) is 1. The van der Waals surface area contributed by atoms with Crippen molar-refractivity contribution >= 4 is 21.4 Å². The van der Waals surface area contributed by atoms with Crippen molar-refractivity contribution in [2.45, 2.75) is 17.9 Å². The molecule has 2 aromatic carbocycles. The Morgan fingerprint density at radius 2 is 1.88 bits per heavy atom. The van der Waals surface area contributed by atoms with Gasteiger partial charge in [-0.2, -0.15) is 0 Å². The van der Waals surface area contributed by atoms with Gasteiger partial charge < -0.3 is 14.6 Å². The van der Waals surface area contributed by atoms with Crippen molar-refractivity contribution in [1.29, 1.82) is 0 Å². The molecule has 3 rings (SSSR count). The van der Waals surface area contributed by atoms with Crippen LogP contribution in [0.4, 0.5) is 11.4 Å². The van der Waals surface area contributed by atoms with Crippen molar-refractivity contribution in [3.8, 4) is 5.75 Å². The van der Waals surface area contributed by atoms with Crippen molar-refractivity contribution in [3.63, 3.8) is 0 Å². The van der Waals surface area contributed by atoms with Gasteiger partial charge in [-0.3, -0.25) is 19.3 Å². The van der Waals surface area contributed by atoms with E-state index in [4.69, 9.17) is 9.47 Å². The number of aliphatic hydroxyl groups excluding tert-OH is 1. The van der Waals surface area contributed by atoms with Crippen LogP contribution in [0, 0.1) is 17.0 Å². The predicted octanol–water partition coefficient (Wildman–Crippen LogP) is 1.80. The lowest BCUT2D eigenvalue weighted by molar-refractivity contribution is -0.384. The highest BCUT2D eigenvalue weighted by Crippen LogP contribution is 2.36. The molecule has 1 heterocycles. The Balaban J connectivity index is 2.02. The molecule has 2 aromatic rings. The number of benzene rings is 2. The number of sulfonamides is 1. The Hall–Kier alpha value is -2.73. The largest absolute Gasteiger partial charge is 0.495 e. The molecule has 0 spiro atoms. The number of morpholine rings is 1. The highest BCUT2D eigenvalue weighted by Gasteiger charge is 2.31. The Morgan fingerprint density at radius 1 is 1.22 bits per heavy atom. The molecule has 1 atom stereocenters. The second-order valence-electron chi connectivity index (χ2n) is 7.53. The first-order valence-electron chi connectivity index (χ1n) is 10.1. The van der Waals surface area contributed by atoms with Crippen molar-refractivity contribution in [1.82, 2.24) is 4.90 Å². The maximum absolute atomic E-state index is 13.6. The number of rotatable bonds is 9. The van der Waals surface area contributed by atoms with E-state index >= 15 is 0 Å². The third-order valence-corrected chi connectivity index (χ3v) is 6.99. The molecule has 1 unspecified atom stereocenters. The van der Waals surface area contributed by atoms with Gasteiger partial charge in [-0.25, -0.2) is 8.42 Å². The fourth-order valence-electron chi connectivity index (χ4n) is 3.48. The first-order valence-corrected chi connectivity index (χ1v) is 11.6. The van der Waals surface area contributed by atoms with E-state index in [9.17, 15) is 23.6 Å². The molecule has 174 valence electrons. The number of nitrogens with zero attached hydrogens (tertiary/aromatic N) is 3. The second kappa shape index (κ2) is 10.3. The summed E-state index contributed by atoms with van der Waals surface area (Å²) in [6.07, 6.45) is -1.04. The molecule has 0 aromatic heterocycles.